The van der Waals surface area contributed by atoms with Gasteiger partial charge in [-0.25, -0.2) is 9.97 Å². The Kier molecular flexibility index (Phi) is 3.27. The summed E-state index contributed by atoms with van der Waals surface area (Å²) in [5.41, 5.74) is 0.466. The molecule has 20 heavy (non-hydrogen) atoms. The van der Waals surface area contributed by atoms with Crippen LogP contribution in [0.4, 0.5) is 0 Å². The number of imidazole rings is 2. The van der Waals surface area contributed by atoms with Gasteiger partial charge in [0.1, 0.15) is 23.4 Å². The van der Waals surface area contributed by atoms with Gasteiger partial charge in [-0.1, -0.05) is 0 Å². The van der Waals surface area contributed by atoms with Crippen molar-refractivity contribution in [2.75, 3.05) is 6.61 Å². The zero-order chi connectivity index (χ0) is 14.1. The van der Waals surface area contributed by atoms with Gasteiger partial charge in [0.05, 0.1) is 12.2 Å². The van der Waals surface area contributed by atoms with Crippen LogP contribution >= 0.6 is 0 Å². The summed E-state index contributed by atoms with van der Waals surface area (Å²) in [6.07, 6.45) is 5.71. The first kappa shape index (κ1) is 12.9. The summed E-state index contributed by atoms with van der Waals surface area (Å²) in [5, 5.41) is 2.99. The topological polar surface area (TPSA) is 84.8 Å². The van der Waals surface area contributed by atoms with Crippen LogP contribution in [0.5, 0.6) is 0 Å². The quantitative estimate of drug-likeness (QED) is 0.864. The van der Waals surface area contributed by atoms with Crippen molar-refractivity contribution in [3.05, 3.63) is 35.9 Å². The second-order valence-electron chi connectivity index (χ2n) is 4.94. The van der Waals surface area contributed by atoms with Crippen molar-refractivity contribution in [1.29, 1.82) is 0 Å². The summed E-state index contributed by atoms with van der Waals surface area (Å²) in [6.45, 7) is 2.43. The molecule has 2 N–H and O–H groups in total. The molecule has 0 spiro atoms. The van der Waals surface area contributed by atoms with E-state index in [9.17, 15) is 4.79 Å². The lowest BCUT2D eigenvalue weighted by Crippen LogP contribution is -2.37. The van der Waals surface area contributed by atoms with Crippen LogP contribution in [0.3, 0.4) is 0 Å². The van der Waals surface area contributed by atoms with E-state index in [1.165, 1.54) is 6.20 Å². The highest BCUT2D eigenvalue weighted by molar-refractivity contribution is 5.92. The van der Waals surface area contributed by atoms with Gasteiger partial charge >= 0.3 is 0 Å². The molecule has 2 atom stereocenters. The first-order valence-corrected chi connectivity index (χ1v) is 6.56. The average Bonchev–Trinajstić information content (AvgIpc) is 3.10. The highest BCUT2D eigenvalue weighted by Crippen LogP contribution is 2.27. The Hall–Kier alpha value is -2.15. The van der Waals surface area contributed by atoms with Crippen LogP contribution in [0.2, 0.25) is 0 Å². The fourth-order valence-corrected chi connectivity index (χ4v) is 2.43. The maximum Gasteiger partial charge on any atom is 0.269 e. The Morgan fingerprint density at radius 1 is 1.55 bits per heavy atom. The van der Waals surface area contributed by atoms with Gasteiger partial charge in [0.2, 0.25) is 0 Å². The number of hydrogen-bond donors (Lipinski definition) is 2. The van der Waals surface area contributed by atoms with Gasteiger partial charge < -0.3 is 19.6 Å². The van der Waals surface area contributed by atoms with Gasteiger partial charge in [0.25, 0.3) is 5.91 Å². The molecule has 2 aromatic rings. The van der Waals surface area contributed by atoms with Gasteiger partial charge in [-0.2, -0.15) is 0 Å². The largest absolute Gasteiger partial charge is 0.368 e. The fraction of sp³-hybridized carbons (Fsp3) is 0.462. The first-order chi connectivity index (χ1) is 9.65. The summed E-state index contributed by atoms with van der Waals surface area (Å²) in [6, 6.07) is -0.0767. The van der Waals surface area contributed by atoms with Crippen LogP contribution in [-0.4, -0.2) is 38.1 Å². The number of aromatic nitrogens is 4. The second kappa shape index (κ2) is 5.09. The maximum atomic E-state index is 12.1. The van der Waals surface area contributed by atoms with Crippen LogP contribution in [-0.2, 0) is 11.8 Å². The molecule has 1 saturated heterocycles. The minimum absolute atomic E-state index is 0.0767. The van der Waals surface area contributed by atoms with Gasteiger partial charge in [0, 0.05) is 26.0 Å². The Morgan fingerprint density at radius 2 is 2.40 bits per heavy atom. The molecular formula is C13H17N5O2. The fourth-order valence-electron chi connectivity index (χ4n) is 2.43. The third-order valence-electron chi connectivity index (χ3n) is 3.47. The number of amides is 1. The minimum atomic E-state index is -0.206. The Morgan fingerprint density at radius 3 is 3.05 bits per heavy atom. The predicted molar refractivity (Wildman–Crippen MR) is 71.1 cm³/mol. The van der Waals surface area contributed by atoms with Crippen LogP contribution in [0.1, 0.15) is 34.7 Å². The molecule has 0 aromatic carbocycles. The third-order valence-corrected chi connectivity index (χ3v) is 3.47. The Bertz CT molecular complexity index is 618. The first-order valence-electron chi connectivity index (χ1n) is 6.56. The van der Waals surface area contributed by atoms with E-state index < -0.39 is 0 Å². The molecule has 0 radical (unpaired) electrons. The van der Waals surface area contributed by atoms with E-state index >= 15 is 0 Å². The van der Waals surface area contributed by atoms with E-state index in [0.29, 0.717) is 12.3 Å². The number of aryl methyl sites for hydroxylation is 2. The molecule has 1 amide bonds. The van der Waals surface area contributed by atoms with Crippen molar-refractivity contribution in [2.24, 2.45) is 7.05 Å². The molecule has 2 aromatic heterocycles. The molecular weight excluding hydrogens is 258 g/mol. The standard InChI is InChI=1S/C13H17N5O2/c1-8-15-7-10(16-8)13(19)17-9-3-6-20-11(9)12-14-4-5-18(12)2/h4-5,7,9,11H,3,6H2,1-2H3,(H,15,16)(H,17,19)/t9-,11-/m0/s1. The lowest BCUT2D eigenvalue weighted by atomic mass is 10.1. The Balaban J connectivity index is 1.73. The molecule has 3 heterocycles. The van der Waals surface area contributed by atoms with E-state index in [0.717, 1.165) is 18.1 Å². The summed E-state index contributed by atoms with van der Waals surface area (Å²) >= 11 is 0. The zero-order valence-corrected chi connectivity index (χ0v) is 11.5. The van der Waals surface area contributed by atoms with E-state index in [4.69, 9.17) is 4.74 Å². The minimum Gasteiger partial charge on any atom is -0.368 e. The van der Waals surface area contributed by atoms with Crippen LogP contribution < -0.4 is 5.32 Å². The third kappa shape index (κ3) is 2.32. The molecule has 0 unspecified atom stereocenters. The number of nitrogens with zero attached hydrogens (tertiary/aromatic N) is 3. The van der Waals surface area contributed by atoms with Crippen molar-refractivity contribution in [2.45, 2.75) is 25.5 Å². The number of nitrogens with one attached hydrogen (secondary N) is 2. The lowest BCUT2D eigenvalue weighted by Gasteiger charge is -2.19. The van der Waals surface area contributed by atoms with Gasteiger partial charge in [-0.15, -0.1) is 0 Å². The molecule has 0 bridgehead atoms. The predicted octanol–water partition coefficient (Wildman–Crippen LogP) is 0.712. The smallest absolute Gasteiger partial charge is 0.269 e. The van der Waals surface area contributed by atoms with Crippen molar-refractivity contribution < 1.29 is 9.53 Å². The number of H-pyrrole nitrogens is 1. The lowest BCUT2D eigenvalue weighted by molar-refractivity contribution is 0.0776. The number of ether oxygens (including phenoxy) is 1. The summed E-state index contributed by atoms with van der Waals surface area (Å²) in [7, 11) is 1.92. The summed E-state index contributed by atoms with van der Waals surface area (Å²) in [5.74, 6) is 1.38. The number of hydrogen-bond acceptors (Lipinski definition) is 4. The molecule has 0 aliphatic carbocycles. The Labute approximate surface area is 116 Å². The number of carbonyl (C=O) groups is 1. The van der Waals surface area contributed by atoms with E-state index in [1.54, 1.807) is 6.20 Å². The summed E-state index contributed by atoms with van der Waals surface area (Å²) in [4.78, 5) is 23.4. The average molecular weight is 275 g/mol. The van der Waals surface area contributed by atoms with E-state index in [-0.39, 0.29) is 18.1 Å². The van der Waals surface area contributed by atoms with Crippen LogP contribution in [0.15, 0.2) is 18.6 Å². The van der Waals surface area contributed by atoms with E-state index in [2.05, 4.69) is 20.3 Å². The zero-order valence-electron chi connectivity index (χ0n) is 11.5. The van der Waals surface area contributed by atoms with Crippen molar-refractivity contribution in [3.63, 3.8) is 0 Å². The molecule has 106 valence electrons. The molecule has 1 fully saturated rings. The van der Waals surface area contributed by atoms with Gasteiger partial charge in [-0.05, 0) is 13.3 Å². The molecule has 7 heteroatoms. The second-order valence-corrected chi connectivity index (χ2v) is 4.94. The van der Waals surface area contributed by atoms with Crippen molar-refractivity contribution >= 4 is 5.91 Å². The number of carbonyl (C=O) groups excluding carboxylic acids is 1. The molecule has 3 rings (SSSR count). The normalized spacial score (nSPS) is 22.1. The SMILES string of the molecule is Cc1ncc(C(=O)N[C@H]2CCO[C@@H]2c2nccn2C)[nH]1. The van der Waals surface area contributed by atoms with Crippen molar-refractivity contribution in [1.82, 2.24) is 24.8 Å². The van der Waals surface area contributed by atoms with E-state index in [1.807, 2.05) is 24.7 Å². The van der Waals surface area contributed by atoms with Crippen LogP contribution in [0.25, 0.3) is 0 Å². The van der Waals surface area contributed by atoms with Gasteiger partial charge in [-0.3, -0.25) is 4.79 Å². The highest BCUT2D eigenvalue weighted by Gasteiger charge is 2.33. The molecule has 0 saturated carbocycles. The number of aromatic amines is 1. The summed E-state index contributed by atoms with van der Waals surface area (Å²) < 4.78 is 7.62. The highest BCUT2D eigenvalue weighted by atomic mass is 16.5. The van der Waals surface area contributed by atoms with Crippen molar-refractivity contribution in [3.8, 4) is 0 Å². The number of rotatable bonds is 3. The monoisotopic (exact) mass is 275 g/mol. The maximum absolute atomic E-state index is 12.1. The van der Waals surface area contributed by atoms with Crippen LogP contribution in [0, 0.1) is 6.92 Å². The molecule has 7 nitrogen and oxygen atoms in total. The molecule has 1 aliphatic rings. The van der Waals surface area contributed by atoms with Gasteiger partial charge in [0.15, 0.2) is 0 Å². The molecule has 1 aliphatic heterocycles.